The number of nitrogens with one attached hydrogen (secondary N) is 1. The lowest BCUT2D eigenvalue weighted by atomic mass is 9.96. The van der Waals surface area contributed by atoms with E-state index in [0.29, 0.717) is 22.5 Å². The van der Waals surface area contributed by atoms with Crippen molar-refractivity contribution in [2.75, 3.05) is 5.32 Å². The lowest BCUT2D eigenvalue weighted by Gasteiger charge is -2.16. The van der Waals surface area contributed by atoms with Gasteiger partial charge in [0.25, 0.3) is 0 Å². The number of hydrogen-bond acceptors (Lipinski definition) is 2. The van der Waals surface area contributed by atoms with Crippen LogP contribution in [-0.2, 0) is 4.79 Å². The Hall–Kier alpha value is -3.08. The zero-order chi connectivity index (χ0) is 17.9. The molecule has 5 heteroatoms. The number of anilines is 2. The second kappa shape index (κ2) is 6.81. The summed E-state index contributed by atoms with van der Waals surface area (Å²) in [4.78, 5) is 10.7. The van der Waals surface area contributed by atoms with Gasteiger partial charge in [0.2, 0.25) is 0 Å². The lowest BCUT2D eigenvalue weighted by Crippen LogP contribution is -2.11. The van der Waals surface area contributed by atoms with Gasteiger partial charge in [0, 0.05) is 16.8 Å². The molecule has 0 saturated carbocycles. The van der Waals surface area contributed by atoms with Crippen LogP contribution in [0.15, 0.2) is 72.8 Å². The monoisotopic (exact) mass is 341 g/mol. The van der Waals surface area contributed by atoms with Gasteiger partial charge >= 0.3 is 6.18 Å². The fourth-order valence-electron chi connectivity index (χ4n) is 2.72. The van der Waals surface area contributed by atoms with Crippen molar-refractivity contribution in [1.82, 2.24) is 0 Å². The first-order chi connectivity index (χ1) is 12.0. The molecular formula is C20H14F3NO. The number of halogens is 3. The highest BCUT2D eigenvalue weighted by Gasteiger charge is 2.35. The Bertz CT molecular complexity index is 931. The molecule has 25 heavy (non-hydrogen) atoms. The molecule has 0 unspecified atom stereocenters. The molecule has 3 aromatic carbocycles. The molecule has 2 nitrogen and oxygen atoms in total. The van der Waals surface area contributed by atoms with E-state index in [9.17, 15) is 18.0 Å². The summed E-state index contributed by atoms with van der Waals surface area (Å²) in [6, 6.07) is 19.1. The molecule has 0 radical (unpaired) electrons. The minimum absolute atomic E-state index is 0.0196. The molecule has 0 heterocycles. The van der Waals surface area contributed by atoms with E-state index in [4.69, 9.17) is 0 Å². The predicted molar refractivity (Wildman–Crippen MR) is 93.8 cm³/mol. The van der Waals surface area contributed by atoms with Gasteiger partial charge in [-0.25, -0.2) is 0 Å². The van der Waals surface area contributed by atoms with Crippen LogP contribution in [0.4, 0.5) is 24.5 Å². The third-order valence-corrected chi connectivity index (χ3v) is 3.81. The Morgan fingerprint density at radius 1 is 0.840 bits per heavy atom. The highest BCUT2D eigenvalue weighted by atomic mass is 19.4. The second-order valence-electron chi connectivity index (χ2n) is 5.41. The van der Waals surface area contributed by atoms with E-state index in [1.165, 1.54) is 6.07 Å². The summed E-state index contributed by atoms with van der Waals surface area (Å²) in [6.45, 7) is 0. The van der Waals surface area contributed by atoms with Crippen molar-refractivity contribution in [3.05, 3.63) is 78.4 Å². The Kier molecular flexibility index (Phi) is 4.57. The van der Waals surface area contributed by atoms with Gasteiger partial charge in [-0.2, -0.15) is 13.2 Å². The zero-order valence-corrected chi connectivity index (χ0v) is 13.0. The number of rotatable bonds is 4. The van der Waals surface area contributed by atoms with Crippen molar-refractivity contribution >= 4 is 34.0 Å². The van der Waals surface area contributed by atoms with E-state index in [0.717, 1.165) is 5.69 Å². The number of allylic oxidation sites excluding steroid dienone is 2. The van der Waals surface area contributed by atoms with Gasteiger partial charge in [-0.1, -0.05) is 48.5 Å². The van der Waals surface area contributed by atoms with Crippen molar-refractivity contribution in [3.8, 4) is 0 Å². The number of benzene rings is 3. The van der Waals surface area contributed by atoms with Crippen LogP contribution >= 0.6 is 0 Å². The Morgan fingerprint density at radius 2 is 1.48 bits per heavy atom. The molecule has 0 atom stereocenters. The van der Waals surface area contributed by atoms with E-state index in [1.807, 2.05) is 30.3 Å². The van der Waals surface area contributed by atoms with Gasteiger partial charge in [-0.15, -0.1) is 0 Å². The van der Waals surface area contributed by atoms with Gasteiger partial charge in [0.15, 0.2) is 0 Å². The number of alkyl halides is 3. The maximum absolute atomic E-state index is 13.3. The molecule has 0 bridgehead atoms. The van der Waals surface area contributed by atoms with Gasteiger partial charge in [0.1, 0.15) is 6.29 Å². The zero-order valence-electron chi connectivity index (χ0n) is 13.0. The molecular weight excluding hydrogens is 327 g/mol. The van der Waals surface area contributed by atoms with Crippen molar-refractivity contribution < 1.29 is 18.0 Å². The van der Waals surface area contributed by atoms with Crippen LogP contribution in [0.1, 0.15) is 5.56 Å². The van der Waals surface area contributed by atoms with Crippen molar-refractivity contribution in [3.63, 3.8) is 0 Å². The van der Waals surface area contributed by atoms with Crippen molar-refractivity contribution in [1.29, 1.82) is 0 Å². The average Bonchev–Trinajstić information content (AvgIpc) is 2.60. The van der Waals surface area contributed by atoms with Crippen LogP contribution < -0.4 is 5.32 Å². The summed E-state index contributed by atoms with van der Waals surface area (Å²) in [5.74, 6) is 0. The van der Waals surface area contributed by atoms with E-state index < -0.39 is 11.7 Å². The fraction of sp³-hybridized carbons (Fsp3) is 0.0500. The molecule has 126 valence electrons. The lowest BCUT2D eigenvalue weighted by molar-refractivity contribution is -0.104. The fourth-order valence-corrected chi connectivity index (χ4v) is 2.72. The molecule has 0 aliphatic carbocycles. The summed E-state index contributed by atoms with van der Waals surface area (Å²) in [5.41, 5.74) is 0.553. The Balaban J connectivity index is 2.17. The van der Waals surface area contributed by atoms with Crippen LogP contribution in [0.2, 0.25) is 0 Å². The average molecular weight is 341 g/mol. The summed E-state index contributed by atoms with van der Waals surface area (Å²) < 4.78 is 40.0. The van der Waals surface area contributed by atoms with Crippen LogP contribution in [0.5, 0.6) is 0 Å². The minimum Gasteiger partial charge on any atom is -0.355 e. The van der Waals surface area contributed by atoms with Crippen LogP contribution in [0, 0.1) is 0 Å². The number of fused-ring (bicyclic) bond motifs is 1. The molecule has 3 aromatic rings. The van der Waals surface area contributed by atoms with Crippen LogP contribution in [0.3, 0.4) is 0 Å². The standard InChI is InChI=1S/C20H14F3NO/c21-20(22,23)18(12-13-25)16-10-11-19(17-9-5-4-8-15(16)17)24-14-6-2-1-3-7-14/h1-13,24H/b18-12+. The molecule has 1 N–H and O–H groups in total. The van der Waals surface area contributed by atoms with Crippen LogP contribution in [0.25, 0.3) is 16.3 Å². The number of hydrogen-bond donors (Lipinski definition) is 1. The molecule has 0 saturated heterocycles. The van der Waals surface area contributed by atoms with E-state index in [2.05, 4.69) is 5.32 Å². The first-order valence-corrected chi connectivity index (χ1v) is 7.57. The molecule has 0 aliphatic heterocycles. The van der Waals surface area contributed by atoms with Gasteiger partial charge < -0.3 is 5.32 Å². The van der Waals surface area contributed by atoms with E-state index in [-0.39, 0.29) is 11.8 Å². The first kappa shape index (κ1) is 16.8. The van der Waals surface area contributed by atoms with Gasteiger partial charge in [0.05, 0.1) is 5.57 Å². The second-order valence-corrected chi connectivity index (χ2v) is 5.41. The predicted octanol–water partition coefficient (Wildman–Crippen LogP) is 5.73. The molecule has 0 fully saturated rings. The van der Waals surface area contributed by atoms with Crippen LogP contribution in [-0.4, -0.2) is 12.5 Å². The SMILES string of the molecule is O=C/C=C(\c1ccc(Nc2ccccc2)c2ccccc12)C(F)(F)F. The third kappa shape index (κ3) is 3.55. The highest BCUT2D eigenvalue weighted by Crippen LogP contribution is 2.39. The number of carbonyl (C=O) groups is 1. The molecule has 0 spiro atoms. The topological polar surface area (TPSA) is 29.1 Å². The smallest absolute Gasteiger partial charge is 0.355 e. The number of aldehydes is 1. The molecule has 3 rings (SSSR count). The normalized spacial score (nSPS) is 12.2. The maximum Gasteiger partial charge on any atom is 0.417 e. The van der Waals surface area contributed by atoms with E-state index >= 15 is 0 Å². The summed E-state index contributed by atoms with van der Waals surface area (Å²) in [6.07, 6.45) is -3.89. The van der Waals surface area contributed by atoms with Crippen molar-refractivity contribution in [2.24, 2.45) is 0 Å². The number of carbonyl (C=O) groups excluding carboxylic acids is 1. The highest BCUT2D eigenvalue weighted by molar-refractivity contribution is 6.03. The maximum atomic E-state index is 13.3. The van der Waals surface area contributed by atoms with Gasteiger partial charge in [-0.3, -0.25) is 4.79 Å². The minimum atomic E-state index is -4.61. The quantitative estimate of drug-likeness (QED) is 0.485. The molecule has 0 amide bonds. The van der Waals surface area contributed by atoms with Crippen molar-refractivity contribution in [2.45, 2.75) is 6.18 Å². The third-order valence-electron chi connectivity index (χ3n) is 3.81. The summed E-state index contributed by atoms with van der Waals surface area (Å²) in [5, 5.41) is 4.28. The molecule has 0 aliphatic rings. The summed E-state index contributed by atoms with van der Waals surface area (Å²) >= 11 is 0. The van der Waals surface area contributed by atoms with Gasteiger partial charge in [-0.05, 0) is 35.2 Å². The first-order valence-electron chi connectivity index (χ1n) is 7.57. The molecule has 0 aromatic heterocycles. The Morgan fingerprint density at radius 3 is 2.12 bits per heavy atom. The number of para-hydroxylation sites is 1. The largest absolute Gasteiger partial charge is 0.417 e. The summed E-state index contributed by atoms with van der Waals surface area (Å²) in [7, 11) is 0. The Labute approximate surface area is 142 Å². The van der Waals surface area contributed by atoms with E-state index in [1.54, 1.807) is 30.3 Å².